The van der Waals surface area contributed by atoms with Crippen molar-refractivity contribution in [1.82, 2.24) is 20.2 Å². The summed E-state index contributed by atoms with van der Waals surface area (Å²) in [6.45, 7) is 0. The number of rotatable bonds is 2. The standard InChI is InChI=1S/C7H4F9N5O/c8-5(9,10)4(6(11,12)13,7(14,15)16)19-3(22)20-21-1-17-18-2-21/h1-2H,(H2,19,20,22). The normalized spacial score (nSPS) is 13.9. The molecule has 0 unspecified atom stereocenters. The lowest BCUT2D eigenvalue weighted by atomic mass is 9.97. The first-order valence-corrected chi connectivity index (χ1v) is 4.86. The Bertz CT molecular complexity index is 480. The van der Waals surface area contributed by atoms with E-state index < -0.39 is 30.1 Å². The zero-order valence-electron chi connectivity index (χ0n) is 9.81. The van der Waals surface area contributed by atoms with E-state index in [0.29, 0.717) is 17.3 Å². The lowest BCUT2D eigenvalue weighted by molar-refractivity contribution is -0.386. The lowest BCUT2D eigenvalue weighted by Gasteiger charge is -2.38. The van der Waals surface area contributed by atoms with Crippen molar-refractivity contribution in [3.63, 3.8) is 0 Å². The van der Waals surface area contributed by atoms with Gasteiger partial charge in [0.25, 0.3) is 0 Å². The molecule has 0 saturated carbocycles. The van der Waals surface area contributed by atoms with E-state index in [4.69, 9.17) is 0 Å². The van der Waals surface area contributed by atoms with Crippen molar-refractivity contribution in [3.8, 4) is 0 Å². The molecule has 1 rings (SSSR count). The van der Waals surface area contributed by atoms with Gasteiger partial charge in [0.2, 0.25) is 0 Å². The fourth-order valence-electron chi connectivity index (χ4n) is 1.27. The summed E-state index contributed by atoms with van der Waals surface area (Å²) in [6.07, 6.45) is -19.5. The molecule has 126 valence electrons. The molecule has 0 radical (unpaired) electrons. The summed E-state index contributed by atoms with van der Waals surface area (Å²) in [5.74, 6) is 0. The number of carbonyl (C=O) groups is 1. The van der Waals surface area contributed by atoms with E-state index in [1.807, 2.05) is 0 Å². The van der Waals surface area contributed by atoms with E-state index in [1.165, 1.54) is 5.43 Å². The molecule has 15 heteroatoms. The second-order valence-electron chi connectivity index (χ2n) is 3.68. The van der Waals surface area contributed by atoms with Crippen molar-refractivity contribution >= 4 is 6.03 Å². The maximum Gasteiger partial charge on any atom is 0.429 e. The Hall–Kier alpha value is -2.22. The summed E-state index contributed by atoms with van der Waals surface area (Å²) in [6, 6.07) is -2.42. The molecular weight excluding hydrogens is 341 g/mol. The average Bonchev–Trinajstić information content (AvgIpc) is 2.73. The Kier molecular flexibility index (Phi) is 4.22. The van der Waals surface area contributed by atoms with Gasteiger partial charge in [-0.3, -0.25) is 0 Å². The Morgan fingerprint density at radius 1 is 0.818 bits per heavy atom. The van der Waals surface area contributed by atoms with Gasteiger partial charge in [-0.05, 0) is 0 Å². The third-order valence-corrected chi connectivity index (χ3v) is 2.23. The van der Waals surface area contributed by atoms with Crippen LogP contribution in [0, 0.1) is 0 Å². The summed E-state index contributed by atoms with van der Waals surface area (Å²) in [5, 5.41) is 5.93. The molecule has 2 N–H and O–H groups in total. The van der Waals surface area contributed by atoms with Crippen molar-refractivity contribution in [2.75, 3.05) is 5.43 Å². The van der Waals surface area contributed by atoms with Crippen LogP contribution in [0.2, 0.25) is 0 Å². The molecule has 0 atom stereocenters. The predicted octanol–water partition coefficient (Wildman–Crippen LogP) is 1.96. The Labute approximate surface area is 114 Å². The molecule has 22 heavy (non-hydrogen) atoms. The third-order valence-electron chi connectivity index (χ3n) is 2.23. The highest BCUT2D eigenvalue weighted by Crippen LogP contribution is 2.52. The highest BCUT2D eigenvalue weighted by atomic mass is 19.4. The molecule has 0 aromatic carbocycles. The predicted molar refractivity (Wildman–Crippen MR) is 48.8 cm³/mol. The third kappa shape index (κ3) is 3.01. The molecule has 2 amide bonds. The molecule has 1 heterocycles. The van der Waals surface area contributed by atoms with E-state index in [1.54, 1.807) is 0 Å². The van der Waals surface area contributed by atoms with Crippen molar-refractivity contribution < 1.29 is 44.3 Å². The molecule has 0 saturated heterocycles. The number of amides is 2. The van der Waals surface area contributed by atoms with Gasteiger partial charge in [0.15, 0.2) is 0 Å². The number of carbonyl (C=O) groups excluding carboxylic acids is 1. The van der Waals surface area contributed by atoms with Crippen molar-refractivity contribution in [3.05, 3.63) is 12.7 Å². The SMILES string of the molecule is O=C(Nn1cnnc1)NC(C(F)(F)F)(C(F)(F)F)C(F)(F)F. The van der Waals surface area contributed by atoms with Gasteiger partial charge in [0.05, 0.1) is 0 Å². The number of hydrogen-bond acceptors (Lipinski definition) is 3. The molecule has 0 aliphatic heterocycles. The Morgan fingerprint density at radius 2 is 1.18 bits per heavy atom. The first kappa shape index (κ1) is 17.8. The van der Waals surface area contributed by atoms with Crippen LogP contribution in [0.5, 0.6) is 0 Å². The summed E-state index contributed by atoms with van der Waals surface area (Å²) in [4.78, 5) is 11.1. The minimum Gasteiger partial charge on any atom is -0.307 e. The number of urea groups is 1. The first-order chi connectivity index (χ1) is 9.72. The molecule has 0 bridgehead atoms. The average molecular weight is 345 g/mol. The summed E-state index contributed by atoms with van der Waals surface area (Å²) >= 11 is 0. The van der Waals surface area contributed by atoms with Crippen molar-refractivity contribution in [1.29, 1.82) is 0 Å². The number of hydrogen-bond donors (Lipinski definition) is 2. The van der Waals surface area contributed by atoms with Crippen LogP contribution < -0.4 is 10.7 Å². The number of alkyl halides is 9. The first-order valence-electron chi connectivity index (χ1n) is 4.86. The van der Waals surface area contributed by atoms with Gasteiger partial charge < -0.3 is 5.32 Å². The highest BCUT2D eigenvalue weighted by Gasteiger charge is 2.84. The van der Waals surface area contributed by atoms with Crippen LogP contribution in [0.15, 0.2) is 12.7 Å². The maximum absolute atomic E-state index is 12.5. The fourth-order valence-corrected chi connectivity index (χ4v) is 1.27. The van der Waals surface area contributed by atoms with Gasteiger partial charge in [-0.15, -0.1) is 10.2 Å². The van der Waals surface area contributed by atoms with Crippen LogP contribution in [0.4, 0.5) is 44.3 Å². The molecule has 1 aromatic heterocycles. The Balaban J connectivity index is 3.24. The maximum atomic E-state index is 12.5. The lowest BCUT2D eigenvalue weighted by Crippen LogP contribution is -2.75. The number of nitrogens with one attached hydrogen (secondary N) is 2. The van der Waals surface area contributed by atoms with Gasteiger partial charge in [0.1, 0.15) is 12.7 Å². The fraction of sp³-hybridized carbons (Fsp3) is 0.571. The van der Waals surface area contributed by atoms with Gasteiger partial charge in [-0.2, -0.15) is 39.5 Å². The monoisotopic (exact) mass is 345 g/mol. The van der Waals surface area contributed by atoms with E-state index in [9.17, 15) is 44.3 Å². The van der Waals surface area contributed by atoms with Crippen LogP contribution in [-0.2, 0) is 0 Å². The van der Waals surface area contributed by atoms with Crippen LogP contribution >= 0.6 is 0 Å². The van der Waals surface area contributed by atoms with E-state index in [0.717, 1.165) is 0 Å². The summed E-state index contributed by atoms with van der Waals surface area (Å²) < 4.78 is 113. The van der Waals surface area contributed by atoms with E-state index >= 15 is 0 Å². The molecule has 6 nitrogen and oxygen atoms in total. The molecule has 0 aliphatic rings. The van der Waals surface area contributed by atoms with Crippen LogP contribution in [0.3, 0.4) is 0 Å². The minimum atomic E-state index is -6.89. The summed E-state index contributed by atoms with van der Waals surface area (Å²) in [7, 11) is 0. The minimum absolute atomic E-state index is 0.113. The van der Waals surface area contributed by atoms with Crippen molar-refractivity contribution in [2.24, 2.45) is 0 Å². The van der Waals surface area contributed by atoms with Crippen molar-refractivity contribution in [2.45, 2.75) is 24.1 Å². The Morgan fingerprint density at radius 3 is 1.50 bits per heavy atom. The molecule has 0 aliphatic carbocycles. The molecule has 0 spiro atoms. The van der Waals surface area contributed by atoms with Gasteiger partial charge in [-0.1, -0.05) is 0 Å². The number of nitrogens with zero attached hydrogens (tertiary/aromatic N) is 3. The summed E-state index contributed by atoms with van der Waals surface area (Å²) in [5.41, 5.74) is -5.20. The second-order valence-corrected chi connectivity index (χ2v) is 3.68. The van der Waals surface area contributed by atoms with Crippen LogP contribution in [0.25, 0.3) is 0 Å². The molecule has 0 fully saturated rings. The molecular formula is C7H4F9N5O. The van der Waals surface area contributed by atoms with E-state index in [-0.39, 0.29) is 5.32 Å². The van der Waals surface area contributed by atoms with Crippen LogP contribution in [-0.4, -0.2) is 45.0 Å². The number of aromatic nitrogens is 3. The zero-order chi connectivity index (χ0) is 17.4. The highest BCUT2D eigenvalue weighted by molar-refractivity contribution is 5.82. The second kappa shape index (κ2) is 5.20. The topological polar surface area (TPSA) is 71.8 Å². The number of halogens is 9. The smallest absolute Gasteiger partial charge is 0.307 e. The van der Waals surface area contributed by atoms with Gasteiger partial charge in [0, 0.05) is 0 Å². The van der Waals surface area contributed by atoms with E-state index in [2.05, 4.69) is 10.2 Å². The zero-order valence-corrected chi connectivity index (χ0v) is 9.81. The van der Waals surface area contributed by atoms with Crippen LogP contribution in [0.1, 0.15) is 0 Å². The molecule has 1 aromatic rings. The van der Waals surface area contributed by atoms with Gasteiger partial charge in [-0.25, -0.2) is 14.9 Å². The van der Waals surface area contributed by atoms with Gasteiger partial charge >= 0.3 is 30.1 Å². The quantitative estimate of drug-likeness (QED) is 0.805. The largest absolute Gasteiger partial charge is 0.429 e.